The fraction of sp³-hybridized carbons (Fsp3) is 1.00. The number of nitrogens with one attached hydrogen (secondary N) is 1. The van der Waals surface area contributed by atoms with E-state index in [1.165, 1.54) is 13.0 Å². The lowest BCUT2D eigenvalue weighted by molar-refractivity contribution is 0.190. The second-order valence-electron chi connectivity index (χ2n) is 3.85. The van der Waals surface area contributed by atoms with E-state index in [0.29, 0.717) is 6.04 Å². The molecule has 0 amide bonds. The van der Waals surface area contributed by atoms with Gasteiger partial charge in [0.1, 0.15) is 0 Å². The van der Waals surface area contributed by atoms with E-state index in [1.807, 2.05) is 7.05 Å². The first-order valence-corrected chi connectivity index (χ1v) is 4.98. The van der Waals surface area contributed by atoms with Gasteiger partial charge in [0.2, 0.25) is 0 Å². The predicted octanol–water partition coefficient (Wildman–Crippen LogP) is 1.57. The van der Waals surface area contributed by atoms with Crippen molar-refractivity contribution >= 4 is 0 Å². The maximum absolute atomic E-state index is 3.25. The van der Waals surface area contributed by atoms with Crippen LogP contribution in [0.5, 0.6) is 0 Å². The largest absolute Gasteiger partial charge is 0.318 e. The molecule has 12 heavy (non-hydrogen) atoms. The van der Waals surface area contributed by atoms with Crippen LogP contribution in [0.25, 0.3) is 0 Å². The van der Waals surface area contributed by atoms with E-state index in [1.54, 1.807) is 0 Å². The normalized spacial score (nSPS) is 14.2. The zero-order valence-corrected chi connectivity index (χ0v) is 9.22. The van der Waals surface area contributed by atoms with Crippen molar-refractivity contribution in [2.75, 3.05) is 27.2 Å². The molecule has 0 saturated carbocycles. The smallest absolute Gasteiger partial charge is 0.0240 e. The average Bonchev–Trinajstić information content (AvgIpc) is 1.99. The fourth-order valence-electron chi connectivity index (χ4n) is 1.63. The van der Waals surface area contributed by atoms with Crippen molar-refractivity contribution in [1.29, 1.82) is 0 Å². The lowest BCUT2D eigenvalue weighted by Crippen LogP contribution is -2.43. The summed E-state index contributed by atoms with van der Waals surface area (Å²) in [5, 5.41) is 3.25. The van der Waals surface area contributed by atoms with Crippen LogP contribution in [0.4, 0.5) is 0 Å². The highest BCUT2D eigenvalue weighted by atomic mass is 15.1. The second-order valence-corrected chi connectivity index (χ2v) is 3.85. The van der Waals surface area contributed by atoms with Crippen LogP contribution in [0.2, 0.25) is 0 Å². The Hall–Kier alpha value is -0.0800. The molecule has 0 aromatic carbocycles. The van der Waals surface area contributed by atoms with Gasteiger partial charge in [0.05, 0.1) is 0 Å². The Morgan fingerprint density at radius 3 is 2.25 bits per heavy atom. The van der Waals surface area contributed by atoms with Crippen LogP contribution in [-0.4, -0.2) is 38.1 Å². The van der Waals surface area contributed by atoms with Crippen LogP contribution < -0.4 is 5.32 Å². The maximum Gasteiger partial charge on any atom is 0.0240 e. The predicted molar refractivity (Wildman–Crippen MR) is 55.5 cm³/mol. The van der Waals surface area contributed by atoms with Gasteiger partial charge in [-0.05, 0) is 33.0 Å². The first-order chi connectivity index (χ1) is 5.63. The molecule has 0 heterocycles. The SMILES string of the molecule is CCCN(C)C(CNC)C(C)C. The van der Waals surface area contributed by atoms with E-state index < -0.39 is 0 Å². The topological polar surface area (TPSA) is 15.3 Å². The first-order valence-electron chi connectivity index (χ1n) is 4.98. The molecular formula is C10H24N2. The molecule has 0 aliphatic heterocycles. The molecule has 0 saturated heterocycles. The summed E-state index contributed by atoms with van der Waals surface area (Å²) in [6, 6.07) is 0.676. The highest BCUT2D eigenvalue weighted by molar-refractivity contribution is 4.73. The molecular weight excluding hydrogens is 148 g/mol. The molecule has 0 spiro atoms. The minimum Gasteiger partial charge on any atom is -0.318 e. The van der Waals surface area contributed by atoms with Crippen LogP contribution in [0, 0.1) is 5.92 Å². The fourth-order valence-corrected chi connectivity index (χ4v) is 1.63. The average molecular weight is 172 g/mol. The summed E-state index contributed by atoms with van der Waals surface area (Å²) >= 11 is 0. The molecule has 1 N–H and O–H groups in total. The zero-order valence-electron chi connectivity index (χ0n) is 9.22. The molecule has 1 unspecified atom stereocenters. The molecule has 74 valence electrons. The Labute approximate surface area is 77.3 Å². The summed E-state index contributed by atoms with van der Waals surface area (Å²) in [7, 11) is 4.24. The summed E-state index contributed by atoms with van der Waals surface area (Å²) in [6.45, 7) is 9.09. The van der Waals surface area contributed by atoms with E-state index in [9.17, 15) is 0 Å². The van der Waals surface area contributed by atoms with Gasteiger partial charge in [-0.25, -0.2) is 0 Å². The van der Waals surface area contributed by atoms with E-state index in [0.717, 1.165) is 12.5 Å². The number of hydrogen-bond acceptors (Lipinski definition) is 2. The quantitative estimate of drug-likeness (QED) is 0.654. The van der Waals surface area contributed by atoms with Crippen LogP contribution in [0.1, 0.15) is 27.2 Å². The lowest BCUT2D eigenvalue weighted by Gasteiger charge is -2.30. The zero-order chi connectivity index (χ0) is 9.56. The van der Waals surface area contributed by atoms with E-state index in [2.05, 4.69) is 38.0 Å². The van der Waals surface area contributed by atoms with Gasteiger partial charge in [0.25, 0.3) is 0 Å². The van der Waals surface area contributed by atoms with Gasteiger partial charge >= 0.3 is 0 Å². The van der Waals surface area contributed by atoms with Gasteiger partial charge in [-0.2, -0.15) is 0 Å². The van der Waals surface area contributed by atoms with Crippen molar-refractivity contribution in [3.8, 4) is 0 Å². The van der Waals surface area contributed by atoms with Crippen molar-refractivity contribution in [3.63, 3.8) is 0 Å². The Kier molecular flexibility index (Phi) is 6.39. The molecule has 0 aliphatic rings. The Morgan fingerprint density at radius 2 is 1.92 bits per heavy atom. The Balaban J connectivity index is 3.90. The van der Waals surface area contributed by atoms with Gasteiger partial charge in [0.15, 0.2) is 0 Å². The number of hydrogen-bond donors (Lipinski definition) is 1. The van der Waals surface area contributed by atoms with Gasteiger partial charge in [-0.15, -0.1) is 0 Å². The van der Waals surface area contributed by atoms with Crippen LogP contribution in [-0.2, 0) is 0 Å². The maximum atomic E-state index is 3.25. The Morgan fingerprint density at radius 1 is 1.33 bits per heavy atom. The van der Waals surface area contributed by atoms with Crippen molar-refractivity contribution in [2.24, 2.45) is 5.92 Å². The van der Waals surface area contributed by atoms with Gasteiger partial charge < -0.3 is 10.2 Å². The number of rotatable bonds is 6. The molecule has 0 rings (SSSR count). The molecule has 0 fully saturated rings. The van der Waals surface area contributed by atoms with Gasteiger partial charge in [-0.1, -0.05) is 20.8 Å². The van der Waals surface area contributed by atoms with Crippen molar-refractivity contribution in [2.45, 2.75) is 33.2 Å². The first kappa shape index (κ1) is 11.9. The molecule has 0 aromatic heterocycles. The highest BCUT2D eigenvalue weighted by Gasteiger charge is 2.16. The molecule has 0 bridgehead atoms. The summed E-state index contributed by atoms with van der Waals surface area (Å²) in [5.41, 5.74) is 0. The lowest BCUT2D eigenvalue weighted by atomic mass is 10.0. The standard InChI is InChI=1S/C10H24N2/c1-6-7-12(5)10(8-11-4)9(2)3/h9-11H,6-8H2,1-5H3. The van der Waals surface area contributed by atoms with Gasteiger partial charge in [0, 0.05) is 12.6 Å². The monoisotopic (exact) mass is 172 g/mol. The van der Waals surface area contributed by atoms with Crippen molar-refractivity contribution in [1.82, 2.24) is 10.2 Å². The third-order valence-corrected chi connectivity index (χ3v) is 2.33. The third-order valence-electron chi connectivity index (χ3n) is 2.33. The highest BCUT2D eigenvalue weighted by Crippen LogP contribution is 2.08. The van der Waals surface area contributed by atoms with E-state index in [4.69, 9.17) is 0 Å². The van der Waals surface area contributed by atoms with Crippen molar-refractivity contribution < 1.29 is 0 Å². The van der Waals surface area contributed by atoms with Crippen LogP contribution in [0.15, 0.2) is 0 Å². The second kappa shape index (κ2) is 6.44. The molecule has 1 atom stereocenters. The summed E-state index contributed by atoms with van der Waals surface area (Å²) in [5.74, 6) is 0.731. The molecule has 2 heteroatoms. The van der Waals surface area contributed by atoms with E-state index >= 15 is 0 Å². The van der Waals surface area contributed by atoms with E-state index in [-0.39, 0.29) is 0 Å². The summed E-state index contributed by atoms with van der Waals surface area (Å²) in [6.07, 6.45) is 1.24. The minimum absolute atomic E-state index is 0.676. The minimum atomic E-state index is 0.676. The summed E-state index contributed by atoms with van der Waals surface area (Å²) < 4.78 is 0. The number of nitrogens with zero attached hydrogens (tertiary/aromatic N) is 1. The molecule has 0 radical (unpaired) electrons. The Bertz CT molecular complexity index is 102. The number of likely N-dealkylation sites (N-methyl/N-ethyl adjacent to an activating group) is 2. The van der Waals surface area contributed by atoms with Crippen LogP contribution in [0.3, 0.4) is 0 Å². The third kappa shape index (κ3) is 4.07. The van der Waals surface area contributed by atoms with Crippen molar-refractivity contribution in [3.05, 3.63) is 0 Å². The molecule has 2 nitrogen and oxygen atoms in total. The van der Waals surface area contributed by atoms with Crippen LogP contribution >= 0.6 is 0 Å². The molecule has 0 aromatic rings. The summed E-state index contributed by atoms with van der Waals surface area (Å²) in [4.78, 5) is 2.45. The van der Waals surface area contributed by atoms with Gasteiger partial charge in [-0.3, -0.25) is 0 Å². The molecule has 0 aliphatic carbocycles.